The van der Waals surface area contributed by atoms with Crippen molar-refractivity contribution in [3.05, 3.63) is 83.6 Å². The van der Waals surface area contributed by atoms with Crippen LogP contribution in [0.15, 0.2) is 65.5 Å². The molecule has 0 unspecified atom stereocenters. The second-order valence-electron chi connectivity index (χ2n) is 5.50. The van der Waals surface area contributed by atoms with Crippen molar-refractivity contribution in [2.45, 2.75) is 13.5 Å². The summed E-state index contributed by atoms with van der Waals surface area (Å²) in [6.45, 7) is 2.26. The Balaban J connectivity index is 1.70. The van der Waals surface area contributed by atoms with Crippen LogP contribution in [0.4, 0.5) is 5.69 Å². The van der Waals surface area contributed by atoms with Gasteiger partial charge in [0.25, 0.3) is 11.8 Å². The predicted octanol–water partition coefficient (Wildman–Crippen LogP) is 3.17. The van der Waals surface area contributed by atoms with Crippen molar-refractivity contribution >= 4 is 17.5 Å². The van der Waals surface area contributed by atoms with Gasteiger partial charge in [-0.05, 0) is 54.4 Å². The third-order valence-electron chi connectivity index (χ3n) is 3.70. The average Bonchev–Trinajstić information content (AvgIpc) is 3.17. The van der Waals surface area contributed by atoms with E-state index in [1.54, 1.807) is 42.7 Å². The van der Waals surface area contributed by atoms with Crippen molar-refractivity contribution in [2.75, 3.05) is 5.32 Å². The summed E-state index contributed by atoms with van der Waals surface area (Å²) in [6, 6.07) is 12.1. The molecular weight excluding hydrogens is 318 g/mol. The van der Waals surface area contributed by atoms with Crippen LogP contribution in [0.25, 0.3) is 0 Å². The zero-order valence-electron chi connectivity index (χ0n) is 13.7. The molecule has 6 nitrogen and oxygen atoms in total. The van der Waals surface area contributed by atoms with Crippen LogP contribution in [0.5, 0.6) is 0 Å². The number of nitrogens with zero attached hydrogens (tertiary/aromatic N) is 1. The Morgan fingerprint density at radius 1 is 1.08 bits per heavy atom. The normalized spacial score (nSPS) is 10.3. The summed E-state index contributed by atoms with van der Waals surface area (Å²) in [5, 5.41) is 5.61. The van der Waals surface area contributed by atoms with Gasteiger partial charge in [-0.25, -0.2) is 0 Å². The number of pyridine rings is 1. The zero-order valence-corrected chi connectivity index (χ0v) is 13.7. The Morgan fingerprint density at radius 2 is 1.88 bits per heavy atom. The number of hydrogen-bond donors (Lipinski definition) is 2. The first-order chi connectivity index (χ1) is 12.1. The fourth-order valence-electron chi connectivity index (χ4n) is 2.27. The van der Waals surface area contributed by atoms with Gasteiger partial charge < -0.3 is 15.1 Å². The minimum absolute atomic E-state index is 0.215. The maximum absolute atomic E-state index is 12.3. The third-order valence-corrected chi connectivity index (χ3v) is 3.70. The van der Waals surface area contributed by atoms with Crippen LogP contribution >= 0.6 is 0 Å². The van der Waals surface area contributed by atoms with Gasteiger partial charge in [0.05, 0.1) is 6.26 Å². The van der Waals surface area contributed by atoms with E-state index in [0.29, 0.717) is 17.8 Å². The summed E-state index contributed by atoms with van der Waals surface area (Å²) in [5.74, 6) is -0.361. The SMILES string of the molecule is Cc1ccc(C(=O)NCc2ccncc2)cc1NC(=O)c1ccco1. The van der Waals surface area contributed by atoms with E-state index in [1.807, 2.05) is 19.1 Å². The van der Waals surface area contributed by atoms with Gasteiger partial charge in [-0.15, -0.1) is 0 Å². The van der Waals surface area contributed by atoms with Gasteiger partial charge in [0.2, 0.25) is 0 Å². The molecule has 2 heterocycles. The van der Waals surface area contributed by atoms with Crippen LogP contribution in [-0.2, 0) is 6.54 Å². The van der Waals surface area contributed by atoms with Crippen molar-refractivity contribution in [1.29, 1.82) is 0 Å². The molecule has 0 radical (unpaired) electrons. The van der Waals surface area contributed by atoms with E-state index >= 15 is 0 Å². The highest BCUT2D eigenvalue weighted by Crippen LogP contribution is 2.18. The predicted molar refractivity (Wildman–Crippen MR) is 93.2 cm³/mol. The molecule has 2 aromatic heterocycles. The topological polar surface area (TPSA) is 84.2 Å². The summed E-state index contributed by atoms with van der Waals surface area (Å²) in [6.07, 6.45) is 4.79. The number of amides is 2. The number of hydrogen-bond acceptors (Lipinski definition) is 4. The molecule has 2 N–H and O–H groups in total. The first-order valence-corrected chi connectivity index (χ1v) is 7.76. The quantitative estimate of drug-likeness (QED) is 0.750. The Labute approximate surface area is 144 Å². The van der Waals surface area contributed by atoms with E-state index in [2.05, 4.69) is 15.6 Å². The van der Waals surface area contributed by atoms with E-state index in [4.69, 9.17) is 4.42 Å². The van der Waals surface area contributed by atoms with Gasteiger partial charge in [0.15, 0.2) is 5.76 Å². The molecule has 0 aliphatic rings. The van der Waals surface area contributed by atoms with E-state index in [1.165, 1.54) is 6.26 Å². The lowest BCUT2D eigenvalue weighted by molar-refractivity contribution is 0.0949. The molecule has 0 fully saturated rings. The second-order valence-corrected chi connectivity index (χ2v) is 5.50. The summed E-state index contributed by atoms with van der Waals surface area (Å²) in [5.41, 5.74) is 2.85. The van der Waals surface area contributed by atoms with E-state index in [-0.39, 0.29) is 17.6 Å². The molecule has 25 heavy (non-hydrogen) atoms. The largest absolute Gasteiger partial charge is 0.459 e. The average molecular weight is 335 g/mol. The lowest BCUT2D eigenvalue weighted by Crippen LogP contribution is -2.23. The van der Waals surface area contributed by atoms with Crippen LogP contribution in [0, 0.1) is 6.92 Å². The van der Waals surface area contributed by atoms with Crippen LogP contribution in [0.2, 0.25) is 0 Å². The summed E-state index contributed by atoms with van der Waals surface area (Å²) >= 11 is 0. The minimum atomic E-state index is -0.359. The number of benzene rings is 1. The molecule has 0 atom stereocenters. The number of furan rings is 1. The number of carbonyl (C=O) groups excluding carboxylic acids is 2. The van der Waals surface area contributed by atoms with Gasteiger partial charge in [0, 0.05) is 30.2 Å². The van der Waals surface area contributed by atoms with Gasteiger partial charge >= 0.3 is 0 Å². The van der Waals surface area contributed by atoms with Crippen molar-refractivity contribution in [2.24, 2.45) is 0 Å². The molecule has 0 aliphatic heterocycles. The summed E-state index contributed by atoms with van der Waals surface area (Å²) < 4.78 is 5.08. The Hall–Kier alpha value is -3.41. The maximum Gasteiger partial charge on any atom is 0.291 e. The highest BCUT2D eigenvalue weighted by atomic mass is 16.3. The standard InChI is InChI=1S/C19H17N3O3/c1-13-4-5-15(18(23)21-12-14-6-8-20-9-7-14)11-16(13)22-19(24)17-3-2-10-25-17/h2-11H,12H2,1H3,(H,21,23)(H,22,24). The van der Waals surface area contributed by atoms with Crippen molar-refractivity contribution in [1.82, 2.24) is 10.3 Å². The summed E-state index contributed by atoms with van der Waals surface area (Å²) in [7, 11) is 0. The lowest BCUT2D eigenvalue weighted by atomic mass is 10.1. The van der Waals surface area contributed by atoms with Crippen LogP contribution < -0.4 is 10.6 Å². The lowest BCUT2D eigenvalue weighted by Gasteiger charge is -2.10. The fraction of sp³-hybridized carbons (Fsp3) is 0.105. The van der Waals surface area contributed by atoms with Crippen molar-refractivity contribution in [3.8, 4) is 0 Å². The summed E-state index contributed by atoms with van der Waals surface area (Å²) in [4.78, 5) is 28.4. The van der Waals surface area contributed by atoms with Gasteiger partial charge in [-0.1, -0.05) is 6.07 Å². The van der Waals surface area contributed by atoms with E-state index < -0.39 is 0 Å². The number of aromatic nitrogens is 1. The first kappa shape index (κ1) is 16.4. The number of aryl methyl sites for hydroxylation is 1. The molecule has 1 aromatic carbocycles. The van der Waals surface area contributed by atoms with Gasteiger partial charge in [0.1, 0.15) is 0 Å². The van der Waals surface area contributed by atoms with Gasteiger partial charge in [-0.3, -0.25) is 14.6 Å². The molecule has 0 spiro atoms. The molecule has 3 rings (SSSR count). The minimum Gasteiger partial charge on any atom is -0.459 e. The molecule has 0 aliphatic carbocycles. The van der Waals surface area contributed by atoms with Crippen LogP contribution in [0.1, 0.15) is 32.0 Å². The van der Waals surface area contributed by atoms with E-state index in [0.717, 1.165) is 11.1 Å². The van der Waals surface area contributed by atoms with E-state index in [9.17, 15) is 9.59 Å². The number of carbonyl (C=O) groups is 2. The molecule has 0 saturated carbocycles. The smallest absolute Gasteiger partial charge is 0.291 e. The molecule has 0 saturated heterocycles. The molecule has 6 heteroatoms. The van der Waals surface area contributed by atoms with Crippen LogP contribution in [0.3, 0.4) is 0 Å². The highest BCUT2D eigenvalue weighted by molar-refractivity contribution is 6.03. The fourth-order valence-corrected chi connectivity index (χ4v) is 2.27. The first-order valence-electron chi connectivity index (χ1n) is 7.76. The second kappa shape index (κ2) is 7.44. The Kier molecular flexibility index (Phi) is 4.89. The number of anilines is 1. The Bertz CT molecular complexity index is 874. The molecule has 0 bridgehead atoms. The molecular formula is C19H17N3O3. The molecule has 2 amide bonds. The van der Waals surface area contributed by atoms with Gasteiger partial charge in [-0.2, -0.15) is 0 Å². The molecule has 3 aromatic rings. The Morgan fingerprint density at radius 3 is 2.60 bits per heavy atom. The monoisotopic (exact) mass is 335 g/mol. The van der Waals surface area contributed by atoms with Crippen molar-refractivity contribution in [3.63, 3.8) is 0 Å². The third kappa shape index (κ3) is 4.11. The number of rotatable bonds is 5. The maximum atomic E-state index is 12.3. The highest BCUT2D eigenvalue weighted by Gasteiger charge is 2.13. The van der Waals surface area contributed by atoms with Crippen LogP contribution in [-0.4, -0.2) is 16.8 Å². The van der Waals surface area contributed by atoms with Crippen molar-refractivity contribution < 1.29 is 14.0 Å². The molecule has 126 valence electrons. The number of nitrogens with one attached hydrogen (secondary N) is 2. The zero-order chi connectivity index (χ0) is 17.6.